The number of ether oxygens (including phenoxy) is 3. The van der Waals surface area contributed by atoms with Gasteiger partial charge >= 0.3 is 0 Å². The highest BCUT2D eigenvalue weighted by Crippen LogP contribution is 2.62. The normalized spacial score (nSPS) is 39.0. The van der Waals surface area contributed by atoms with Crippen LogP contribution in [-0.2, 0) is 14.2 Å². The van der Waals surface area contributed by atoms with Crippen molar-refractivity contribution in [2.24, 2.45) is 16.7 Å². The van der Waals surface area contributed by atoms with E-state index in [4.69, 9.17) is 14.2 Å². The second kappa shape index (κ2) is 7.68. The van der Waals surface area contributed by atoms with E-state index in [2.05, 4.69) is 37.8 Å². The lowest BCUT2D eigenvalue weighted by Crippen LogP contribution is -2.59. The zero-order valence-electron chi connectivity index (χ0n) is 18.4. The molecule has 2 atom stereocenters. The molecule has 0 aromatic heterocycles. The summed E-state index contributed by atoms with van der Waals surface area (Å²) in [7, 11) is 1.86. The van der Waals surface area contributed by atoms with Gasteiger partial charge in [-0.25, -0.2) is 0 Å². The van der Waals surface area contributed by atoms with E-state index in [1.807, 2.05) is 7.11 Å². The fraction of sp³-hybridized carbons (Fsp3) is 0.833. The first-order chi connectivity index (χ1) is 13.4. The van der Waals surface area contributed by atoms with E-state index in [1.165, 1.54) is 56.6 Å². The molecule has 0 aromatic rings. The van der Waals surface area contributed by atoms with Crippen LogP contribution in [0, 0.1) is 16.7 Å². The summed E-state index contributed by atoms with van der Waals surface area (Å²) in [5.74, 6) is 1.22. The van der Waals surface area contributed by atoms with Gasteiger partial charge in [-0.05, 0) is 50.5 Å². The van der Waals surface area contributed by atoms with Crippen LogP contribution < -0.4 is 0 Å². The standard InChI is InChI=1S/C24H39NO3/c1-22(2)20-10-6-5-9-19(25-15-7-8-16-25)11-12-21(26-4)23(20,3)13-14-24(22)27-17-18-28-24/h9,12,20H,5-8,10-11,13-18H2,1-4H3/b19-9+,21-12-/t20?,23-/m0/s1. The smallest absolute Gasteiger partial charge is 0.173 e. The summed E-state index contributed by atoms with van der Waals surface area (Å²) in [5, 5.41) is 0. The Balaban J connectivity index is 1.66. The summed E-state index contributed by atoms with van der Waals surface area (Å²) >= 11 is 0. The van der Waals surface area contributed by atoms with Crippen molar-refractivity contribution in [1.82, 2.24) is 4.90 Å². The number of likely N-dealkylation sites (tertiary alicyclic amines) is 1. The van der Waals surface area contributed by atoms with Gasteiger partial charge in [-0.2, -0.15) is 0 Å². The van der Waals surface area contributed by atoms with Crippen LogP contribution in [0.3, 0.4) is 0 Å². The second-order valence-electron chi connectivity index (χ2n) is 9.94. The molecule has 4 aliphatic rings. The molecule has 1 saturated carbocycles. The largest absolute Gasteiger partial charge is 0.501 e. The van der Waals surface area contributed by atoms with Gasteiger partial charge in [0.25, 0.3) is 0 Å². The predicted molar refractivity (Wildman–Crippen MR) is 112 cm³/mol. The Morgan fingerprint density at radius 1 is 1.00 bits per heavy atom. The van der Waals surface area contributed by atoms with E-state index in [0.717, 1.165) is 32.5 Å². The average molecular weight is 390 g/mol. The maximum absolute atomic E-state index is 6.27. The lowest BCUT2D eigenvalue weighted by molar-refractivity contribution is -0.282. The molecule has 28 heavy (non-hydrogen) atoms. The van der Waals surface area contributed by atoms with Crippen LogP contribution >= 0.6 is 0 Å². The summed E-state index contributed by atoms with van der Waals surface area (Å²) in [6.45, 7) is 11.0. The molecule has 1 unspecified atom stereocenters. The van der Waals surface area contributed by atoms with Crippen molar-refractivity contribution in [2.75, 3.05) is 33.4 Å². The first-order valence-corrected chi connectivity index (χ1v) is 11.4. The molecule has 0 N–H and O–H groups in total. The summed E-state index contributed by atoms with van der Waals surface area (Å²) < 4.78 is 18.6. The Bertz CT molecular complexity index is 626. The van der Waals surface area contributed by atoms with Crippen molar-refractivity contribution >= 4 is 0 Å². The van der Waals surface area contributed by atoms with Crippen LogP contribution in [0.1, 0.15) is 72.1 Å². The van der Waals surface area contributed by atoms with E-state index in [0.29, 0.717) is 5.92 Å². The average Bonchev–Trinajstić information content (AvgIpc) is 3.36. The molecule has 4 rings (SSSR count). The molecule has 2 heterocycles. The molecule has 3 fully saturated rings. The minimum atomic E-state index is -0.420. The minimum absolute atomic E-state index is 0.0340. The molecule has 0 amide bonds. The molecule has 158 valence electrons. The van der Waals surface area contributed by atoms with Gasteiger partial charge in [0.1, 0.15) is 0 Å². The van der Waals surface area contributed by atoms with E-state index in [-0.39, 0.29) is 10.8 Å². The predicted octanol–water partition coefficient (Wildman–Crippen LogP) is 5.26. The third-order valence-electron chi connectivity index (χ3n) is 8.22. The van der Waals surface area contributed by atoms with Crippen molar-refractivity contribution in [2.45, 2.75) is 77.9 Å². The summed E-state index contributed by atoms with van der Waals surface area (Å²) in [6, 6.07) is 0. The molecule has 4 nitrogen and oxygen atoms in total. The van der Waals surface area contributed by atoms with Crippen LogP contribution in [-0.4, -0.2) is 44.1 Å². The Morgan fingerprint density at radius 2 is 1.71 bits per heavy atom. The number of nitrogens with zero attached hydrogens (tertiary/aromatic N) is 1. The highest BCUT2D eigenvalue weighted by atomic mass is 16.7. The van der Waals surface area contributed by atoms with Crippen LogP contribution in [0.15, 0.2) is 23.6 Å². The molecular weight excluding hydrogens is 350 g/mol. The fourth-order valence-corrected chi connectivity index (χ4v) is 6.61. The zero-order chi connectivity index (χ0) is 19.8. The third-order valence-corrected chi connectivity index (χ3v) is 8.22. The van der Waals surface area contributed by atoms with E-state index in [9.17, 15) is 0 Å². The van der Waals surface area contributed by atoms with Crippen LogP contribution in [0.4, 0.5) is 0 Å². The van der Waals surface area contributed by atoms with Gasteiger partial charge in [0, 0.05) is 42.5 Å². The maximum Gasteiger partial charge on any atom is 0.173 e. The number of hydrogen-bond donors (Lipinski definition) is 0. The lowest BCUT2D eigenvalue weighted by atomic mass is 9.51. The highest BCUT2D eigenvalue weighted by Gasteiger charge is 2.62. The fourth-order valence-electron chi connectivity index (χ4n) is 6.61. The van der Waals surface area contributed by atoms with Gasteiger partial charge in [0.05, 0.1) is 26.1 Å². The van der Waals surface area contributed by atoms with Crippen LogP contribution in [0.5, 0.6) is 0 Å². The monoisotopic (exact) mass is 389 g/mol. The van der Waals surface area contributed by atoms with Gasteiger partial charge in [-0.15, -0.1) is 0 Å². The first-order valence-electron chi connectivity index (χ1n) is 11.4. The maximum atomic E-state index is 6.27. The third kappa shape index (κ3) is 3.21. The van der Waals surface area contributed by atoms with Crippen LogP contribution in [0.2, 0.25) is 0 Å². The lowest BCUT2D eigenvalue weighted by Gasteiger charge is -2.58. The minimum Gasteiger partial charge on any atom is -0.501 e. The quantitative estimate of drug-likeness (QED) is 0.645. The highest BCUT2D eigenvalue weighted by molar-refractivity contribution is 5.20. The van der Waals surface area contributed by atoms with Gasteiger partial charge < -0.3 is 19.1 Å². The van der Waals surface area contributed by atoms with Crippen molar-refractivity contribution < 1.29 is 14.2 Å². The number of rotatable bonds is 2. The van der Waals surface area contributed by atoms with E-state index in [1.54, 1.807) is 0 Å². The van der Waals surface area contributed by atoms with Gasteiger partial charge in [-0.1, -0.05) is 26.8 Å². The molecule has 4 heteroatoms. The molecule has 0 bridgehead atoms. The number of allylic oxidation sites excluding steroid dienone is 3. The van der Waals surface area contributed by atoms with Gasteiger partial charge in [-0.3, -0.25) is 0 Å². The van der Waals surface area contributed by atoms with Crippen molar-refractivity contribution in [3.05, 3.63) is 23.6 Å². The van der Waals surface area contributed by atoms with Gasteiger partial charge in [0.15, 0.2) is 5.79 Å². The Hall–Kier alpha value is -1.00. The molecule has 0 aromatic carbocycles. The summed E-state index contributed by atoms with van der Waals surface area (Å²) in [6.07, 6.45) is 14.1. The SMILES string of the molecule is CO/C1=C\C/C(N2CCCC2)=C\CCCC2C(C)(C)C3(CC[C@]12C)OCCO3. The second-order valence-corrected chi connectivity index (χ2v) is 9.94. The Kier molecular flexibility index (Phi) is 5.56. The molecule has 2 saturated heterocycles. The molecule has 2 aliphatic heterocycles. The summed E-state index contributed by atoms with van der Waals surface area (Å²) in [5.41, 5.74) is 1.49. The first kappa shape index (κ1) is 20.3. The number of methoxy groups -OCH3 is 1. The number of hydrogen-bond acceptors (Lipinski definition) is 4. The van der Waals surface area contributed by atoms with Gasteiger partial charge in [0.2, 0.25) is 0 Å². The topological polar surface area (TPSA) is 30.9 Å². The van der Waals surface area contributed by atoms with Crippen molar-refractivity contribution in [3.8, 4) is 0 Å². The summed E-state index contributed by atoms with van der Waals surface area (Å²) in [4.78, 5) is 2.59. The van der Waals surface area contributed by atoms with Crippen molar-refractivity contribution in [1.29, 1.82) is 0 Å². The Labute approximate surface area is 171 Å². The van der Waals surface area contributed by atoms with Crippen LogP contribution in [0.25, 0.3) is 0 Å². The molecule has 0 radical (unpaired) electrons. The zero-order valence-corrected chi connectivity index (χ0v) is 18.4. The van der Waals surface area contributed by atoms with E-state index < -0.39 is 5.79 Å². The number of fused-ring (bicyclic) bond motifs is 1. The molecule has 2 aliphatic carbocycles. The van der Waals surface area contributed by atoms with E-state index >= 15 is 0 Å². The molecular formula is C24H39NO3. The molecule has 1 spiro atoms. The Morgan fingerprint density at radius 3 is 2.39 bits per heavy atom. The van der Waals surface area contributed by atoms with Crippen molar-refractivity contribution in [3.63, 3.8) is 0 Å².